The first-order valence-electron chi connectivity index (χ1n) is 13.1. The highest BCUT2D eigenvalue weighted by molar-refractivity contribution is 6.05. The van der Waals surface area contributed by atoms with Crippen LogP contribution in [0.1, 0.15) is 45.0 Å². The van der Waals surface area contributed by atoms with Crippen molar-refractivity contribution in [2.24, 2.45) is 0 Å². The second kappa shape index (κ2) is 11.7. The van der Waals surface area contributed by atoms with Crippen molar-refractivity contribution in [3.05, 3.63) is 65.0 Å². The second-order valence-corrected chi connectivity index (χ2v) is 10.1. The number of carbonyl (C=O) groups is 2. The van der Waals surface area contributed by atoms with Crippen LogP contribution in [0.4, 0.5) is 38.0 Å². The summed E-state index contributed by atoms with van der Waals surface area (Å²) in [5.41, 5.74) is -0.452. The number of halogens is 6. The Hall–Kier alpha value is -4.34. The molecule has 10 nitrogen and oxygen atoms in total. The number of fused-ring (bicyclic) bond motifs is 2. The first-order chi connectivity index (χ1) is 20.3. The number of alkyl halides is 6. The van der Waals surface area contributed by atoms with Crippen molar-refractivity contribution in [2.75, 3.05) is 30.8 Å². The van der Waals surface area contributed by atoms with Crippen LogP contribution in [0.3, 0.4) is 0 Å². The first-order valence-corrected chi connectivity index (χ1v) is 13.1. The zero-order chi connectivity index (χ0) is 30.9. The molecule has 3 atom stereocenters. The number of hydrogen-bond donors (Lipinski definition) is 2. The molecular weight excluding hydrogens is 588 g/mol. The lowest BCUT2D eigenvalue weighted by Crippen LogP contribution is -2.53. The van der Waals surface area contributed by atoms with Gasteiger partial charge in [-0.25, -0.2) is 0 Å². The largest absolute Gasteiger partial charge is 0.490 e. The van der Waals surface area contributed by atoms with Crippen LogP contribution >= 0.6 is 0 Å². The third-order valence-corrected chi connectivity index (χ3v) is 7.05. The van der Waals surface area contributed by atoms with Gasteiger partial charge in [0.1, 0.15) is 25.0 Å². The van der Waals surface area contributed by atoms with Crippen molar-refractivity contribution in [2.45, 2.75) is 49.9 Å². The maximum absolute atomic E-state index is 13.4. The summed E-state index contributed by atoms with van der Waals surface area (Å²) in [6, 6.07) is 7.45. The number of nitrogens with zero attached hydrogens (tertiary/aromatic N) is 3. The second-order valence-electron chi connectivity index (χ2n) is 10.1. The molecule has 3 aromatic rings. The lowest BCUT2D eigenvalue weighted by molar-refractivity contribution is -0.137. The van der Waals surface area contributed by atoms with Gasteiger partial charge in [-0.1, -0.05) is 5.10 Å². The predicted octanol–water partition coefficient (Wildman–Crippen LogP) is 4.94. The van der Waals surface area contributed by atoms with Crippen molar-refractivity contribution in [1.29, 1.82) is 0 Å². The Kier molecular flexibility index (Phi) is 8.23. The van der Waals surface area contributed by atoms with E-state index in [0.717, 1.165) is 24.3 Å². The Labute approximate surface area is 240 Å². The van der Waals surface area contributed by atoms with E-state index in [-0.39, 0.29) is 53.5 Å². The molecule has 2 aliphatic rings. The number of benzene rings is 2. The molecule has 1 aromatic heterocycles. The molecule has 0 bridgehead atoms. The average Bonchev–Trinajstić information content (AvgIpc) is 3.40. The molecule has 2 aliphatic heterocycles. The molecule has 1 fully saturated rings. The summed E-state index contributed by atoms with van der Waals surface area (Å²) in [6.45, 7) is -1.24. The van der Waals surface area contributed by atoms with Gasteiger partial charge in [-0.15, -0.1) is 5.10 Å². The molecule has 3 heterocycles. The number of likely N-dealkylation sites (N-methyl/N-ethyl adjacent to an activating group) is 1. The number of hydrogen-bond acceptors (Lipinski definition) is 8. The monoisotopic (exact) mass is 613 g/mol. The molecule has 5 rings (SSSR count). The van der Waals surface area contributed by atoms with Crippen LogP contribution in [0.15, 0.2) is 46.9 Å². The number of amides is 2. The van der Waals surface area contributed by atoms with Crippen molar-refractivity contribution in [3.8, 4) is 5.75 Å². The molecule has 2 N–H and O–H groups in total. The Bertz CT molecular complexity index is 1480. The number of rotatable bonds is 6. The average molecular weight is 614 g/mol. The van der Waals surface area contributed by atoms with Crippen molar-refractivity contribution in [3.63, 3.8) is 0 Å². The van der Waals surface area contributed by atoms with E-state index in [1.165, 1.54) is 23.1 Å². The normalized spacial score (nSPS) is 20.8. The zero-order valence-corrected chi connectivity index (χ0v) is 22.5. The van der Waals surface area contributed by atoms with Crippen LogP contribution < -0.4 is 15.4 Å². The van der Waals surface area contributed by atoms with Crippen LogP contribution in [-0.4, -0.2) is 71.5 Å². The van der Waals surface area contributed by atoms with Gasteiger partial charge < -0.3 is 29.4 Å². The van der Waals surface area contributed by atoms with E-state index in [0.29, 0.717) is 12.8 Å². The van der Waals surface area contributed by atoms with Crippen molar-refractivity contribution >= 4 is 23.5 Å². The Balaban J connectivity index is 1.23. The summed E-state index contributed by atoms with van der Waals surface area (Å²) in [5, 5.41) is 11.9. The van der Waals surface area contributed by atoms with E-state index in [1.807, 2.05) is 5.32 Å². The lowest BCUT2D eigenvalue weighted by Gasteiger charge is -2.42. The zero-order valence-electron chi connectivity index (χ0n) is 22.5. The highest BCUT2D eigenvalue weighted by Gasteiger charge is 2.39. The number of anilines is 2. The van der Waals surface area contributed by atoms with Crippen molar-refractivity contribution in [1.82, 2.24) is 15.1 Å². The molecular formula is C27H25F6N5O5. The van der Waals surface area contributed by atoms with Crippen LogP contribution in [0.2, 0.25) is 0 Å². The predicted molar refractivity (Wildman–Crippen MR) is 138 cm³/mol. The van der Waals surface area contributed by atoms with E-state index >= 15 is 0 Å². The van der Waals surface area contributed by atoms with Gasteiger partial charge in [-0.2, -0.15) is 26.3 Å². The number of carbonyl (C=O) groups excluding carboxylic acids is 2. The van der Waals surface area contributed by atoms with E-state index < -0.39 is 48.5 Å². The quantitative estimate of drug-likeness (QED) is 0.376. The minimum absolute atomic E-state index is 0.00510. The van der Waals surface area contributed by atoms with Gasteiger partial charge in [0.2, 0.25) is 5.89 Å². The fraction of sp³-hybridized carbons (Fsp3) is 0.407. The first kappa shape index (κ1) is 30.1. The molecule has 0 unspecified atom stereocenters. The van der Waals surface area contributed by atoms with Crippen LogP contribution in [0, 0.1) is 0 Å². The van der Waals surface area contributed by atoms with Crippen LogP contribution in [-0.2, 0) is 17.3 Å². The molecule has 43 heavy (non-hydrogen) atoms. The minimum Gasteiger partial charge on any atom is -0.490 e. The van der Waals surface area contributed by atoms with E-state index in [9.17, 15) is 35.9 Å². The van der Waals surface area contributed by atoms with E-state index in [4.69, 9.17) is 13.9 Å². The summed E-state index contributed by atoms with van der Waals surface area (Å²) >= 11 is 0. The SMILES string of the molecule is CN1C(=O)c2cc(NC(=O)c3ccc(C(F)(F)F)cc3)ccc2OC[C@@H]2O[C@H](Cc3nnc(NCC(F)(F)F)o3)CC[C@@H]21. The Morgan fingerprint density at radius 2 is 1.79 bits per heavy atom. The summed E-state index contributed by atoms with van der Waals surface area (Å²) < 4.78 is 93.0. The molecule has 2 aromatic carbocycles. The molecule has 0 saturated carbocycles. The molecule has 2 amide bonds. The summed E-state index contributed by atoms with van der Waals surface area (Å²) in [4.78, 5) is 27.6. The Morgan fingerprint density at radius 1 is 1.05 bits per heavy atom. The smallest absolute Gasteiger partial charge is 0.416 e. The fourth-order valence-electron chi connectivity index (χ4n) is 4.90. The van der Waals surface area contributed by atoms with Crippen LogP contribution in [0.5, 0.6) is 5.75 Å². The van der Waals surface area contributed by atoms with Crippen molar-refractivity contribution < 1.29 is 49.8 Å². The van der Waals surface area contributed by atoms with Gasteiger partial charge in [0.25, 0.3) is 11.8 Å². The van der Waals surface area contributed by atoms with E-state index in [1.54, 1.807) is 7.05 Å². The van der Waals surface area contributed by atoms with E-state index in [2.05, 4.69) is 15.5 Å². The summed E-state index contributed by atoms with van der Waals surface area (Å²) in [7, 11) is 1.61. The molecule has 230 valence electrons. The lowest BCUT2D eigenvalue weighted by atomic mass is 9.94. The highest BCUT2D eigenvalue weighted by Crippen LogP contribution is 2.33. The standard InChI is InChI=1S/C27H25F6N5O5/c1-38-19-8-7-17(11-22-36-37-25(43-22)34-13-26(28,29)30)42-21(19)12-41-20-9-6-16(10-18(20)24(38)40)35-23(39)14-2-4-15(5-3-14)27(31,32)33/h2-6,9-10,17,19,21H,7-8,11-13H2,1H3,(H,34,37)(H,35,39)/t17-,19-,21-/m0/s1. The summed E-state index contributed by atoms with van der Waals surface area (Å²) in [6.07, 6.45) is -8.76. The highest BCUT2D eigenvalue weighted by atomic mass is 19.4. The molecule has 0 radical (unpaired) electrons. The van der Waals surface area contributed by atoms with Gasteiger partial charge >= 0.3 is 18.4 Å². The van der Waals surface area contributed by atoms with Gasteiger partial charge in [0.15, 0.2) is 0 Å². The van der Waals surface area contributed by atoms with Gasteiger partial charge in [-0.05, 0) is 55.3 Å². The number of nitrogens with one attached hydrogen (secondary N) is 2. The maximum atomic E-state index is 13.4. The minimum atomic E-state index is -4.53. The third-order valence-electron chi connectivity index (χ3n) is 7.05. The number of aromatic nitrogens is 2. The molecule has 16 heteroatoms. The number of ether oxygens (including phenoxy) is 2. The summed E-state index contributed by atoms with van der Waals surface area (Å²) in [5.74, 6) is -0.710. The molecule has 0 aliphatic carbocycles. The molecule has 1 saturated heterocycles. The molecule has 0 spiro atoms. The maximum Gasteiger partial charge on any atom is 0.416 e. The van der Waals surface area contributed by atoms with Gasteiger partial charge in [-0.3, -0.25) is 9.59 Å². The topological polar surface area (TPSA) is 119 Å². The fourth-order valence-corrected chi connectivity index (χ4v) is 4.90. The third kappa shape index (κ3) is 7.18. The van der Waals surface area contributed by atoms with Crippen LogP contribution in [0.25, 0.3) is 0 Å². The van der Waals surface area contributed by atoms with Gasteiger partial charge in [0.05, 0.1) is 29.7 Å². The van der Waals surface area contributed by atoms with Gasteiger partial charge in [0, 0.05) is 18.3 Å². The Morgan fingerprint density at radius 3 is 2.49 bits per heavy atom.